The molecule has 1 saturated heterocycles. The summed E-state index contributed by atoms with van der Waals surface area (Å²) in [7, 11) is 2.82. The minimum atomic E-state index is -1.45. The van der Waals surface area contributed by atoms with Crippen LogP contribution in [0.15, 0.2) is 91.0 Å². The minimum absolute atomic E-state index is 0.0322. The summed E-state index contributed by atoms with van der Waals surface area (Å²) in [5.41, 5.74) is 3.53. The van der Waals surface area contributed by atoms with E-state index in [4.69, 9.17) is 9.47 Å². The lowest BCUT2D eigenvalue weighted by molar-refractivity contribution is -0.145. The number of aliphatic carboxylic acids is 1. The van der Waals surface area contributed by atoms with Crippen LogP contribution in [0.1, 0.15) is 188 Å². The van der Waals surface area contributed by atoms with Crippen molar-refractivity contribution in [2.24, 2.45) is 5.41 Å². The number of carbonyl (C=O) groups excluding carboxylic acids is 10. The Morgan fingerprint density at radius 3 is 1.55 bits per heavy atom. The van der Waals surface area contributed by atoms with Crippen molar-refractivity contribution in [3.05, 3.63) is 136 Å². The Kier molecular flexibility index (Phi) is 23.8. The average Bonchev–Trinajstić information content (AvgIpc) is 1.58. The first kappa shape index (κ1) is 75.8. The molecule has 7 N–H and O–H groups in total. The number of amides is 10. The number of anilines is 1. The summed E-state index contributed by atoms with van der Waals surface area (Å²) in [4.78, 5) is 160. The van der Waals surface area contributed by atoms with E-state index in [1.54, 1.807) is 94.4 Å². The number of likely N-dealkylation sites (tertiary alicyclic amines) is 1. The molecule has 2 aliphatic carbocycles. The number of carbonyl (C=O) groups is 11. The van der Waals surface area contributed by atoms with Gasteiger partial charge in [-0.25, -0.2) is 9.59 Å². The van der Waals surface area contributed by atoms with E-state index in [9.17, 15) is 48.3 Å². The van der Waals surface area contributed by atoms with Crippen LogP contribution in [0.4, 0.5) is 15.3 Å². The Labute approximate surface area is 584 Å². The summed E-state index contributed by atoms with van der Waals surface area (Å²) in [5, 5.41) is 27.9. The fourth-order valence-electron chi connectivity index (χ4n) is 12.9. The molecule has 534 valence electrons. The van der Waals surface area contributed by atoms with Crippen molar-refractivity contribution in [3.8, 4) is 0 Å². The third-order valence-electron chi connectivity index (χ3n) is 18.7. The molecule has 0 spiro atoms. The molecule has 4 aromatic carbocycles. The minimum Gasteiger partial charge on any atom is -0.481 e. The second-order valence-electron chi connectivity index (χ2n) is 30.0. The summed E-state index contributed by atoms with van der Waals surface area (Å²) >= 11 is 0.922. The molecule has 0 bridgehead atoms. The van der Waals surface area contributed by atoms with Gasteiger partial charge < -0.3 is 56.3 Å². The Hall–Kier alpha value is -9.00. The van der Waals surface area contributed by atoms with Crippen molar-refractivity contribution in [1.82, 2.24) is 46.2 Å². The van der Waals surface area contributed by atoms with Gasteiger partial charge in [0.15, 0.2) is 0 Å². The molecule has 25 heteroatoms. The van der Waals surface area contributed by atoms with Crippen molar-refractivity contribution in [3.63, 3.8) is 0 Å². The molecule has 2 heterocycles. The van der Waals surface area contributed by atoms with E-state index in [1.165, 1.54) is 62.0 Å². The molecule has 1 fully saturated rings. The number of ether oxygens (including phenoxy) is 2. The number of fused-ring (bicyclic) bond motifs is 3. The molecule has 99 heavy (non-hydrogen) atoms. The molecule has 0 aromatic heterocycles. The Morgan fingerprint density at radius 2 is 1.05 bits per heavy atom. The van der Waals surface area contributed by atoms with E-state index in [0.29, 0.717) is 29.7 Å². The van der Waals surface area contributed by atoms with Gasteiger partial charge in [-0.3, -0.25) is 53.0 Å². The number of nitrogens with one attached hydrogen (secondary N) is 6. The van der Waals surface area contributed by atoms with Crippen LogP contribution >= 0.6 is 11.8 Å². The molecule has 4 aromatic rings. The molecule has 2 aliphatic heterocycles. The zero-order valence-electron chi connectivity index (χ0n) is 59.6. The normalized spacial score (nSPS) is 19.5. The number of aryl methyl sites for hydroxylation is 2. The second-order valence-corrected chi connectivity index (χ2v) is 31.6. The maximum absolute atomic E-state index is 15.5. The number of thioether (sulfide) groups is 1. The molecule has 24 nitrogen and oxygen atoms in total. The summed E-state index contributed by atoms with van der Waals surface area (Å²) in [6.45, 7) is 21.5. The lowest BCUT2D eigenvalue weighted by Gasteiger charge is -2.42. The third kappa shape index (κ3) is 19.1. The van der Waals surface area contributed by atoms with Gasteiger partial charge in [-0.1, -0.05) is 75.4 Å². The molecule has 9 atom stereocenters. The average molecular weight is 1380 g/mol. The first-order chi connectivity index (χ1) is 46.3. The summed E-state index contributed by atoms with van der Waals surface area (Å²) in [5.74, 6) is -6.16. The zero-order chi connectivity index (χ0) is 72.8. The smallest absolute Gasteiger partial charge is 0.410 e. The molecule has 4 aliphatic rings. The van der Waals surface area contributed by atoms with Gasteiger partial charge in [-0.15, -0.1) is 11.8 Å². The maximum Gasteiger partial charge on any atom is 0.410 e. The van der Waals surface area contributed by atoms with Gasteiger partial charge in [0.05, 0.1) is 17.8 Å². The van der Waals surface area contributed by atoms with Gasteiger partial charge in [-0.05, 0) is 189 Å². The van der Waals surface area contributed by atoms with E-state index >= 15 is 9.59 Å². The van der Waals surface area contributed by atoms with Crippen LogP contribution in [0.5, 0.6) is 0 Å². The lowest BCUT2D eigenvalue weighted by Crippen LogP contribution is -2.64. The van der Waals surface area contributed by atoms with Crippen LogP contribution in [0.2, 0.25) is 0 Å². The van der Waals surface area contributed by atoms with E-state index < -0.39 is 135 Å². The van der Waals surface area contributed by atoms with Crippen molar-refractivity contribution in [1.29, 1.82) is 0 Å². The van der Waals surface area contributed by atoms with Crippen LogP contribution in [-0.4, -0.2) is 175 Å². The highest BCUT2D eigenvalue weighted by Crippen LogP contribution is 2.37. The quantitative estimate of drug-likeness (QED) is 0.0437. The van der Waals surface area contributed by atoms with Crippen LogP contribution in [0.3, 0.4) is 0 Å². The Balaban J connectivity index is 1.01. The van der Waals surface area contributed by atoms with E-state index in [-0.39, 0.29) is 49.1 Å². The van der Waals surface area contributed by atoms with E-state index in [0.717, 1.165) is 69.5 Å². The lowest BCUT2D eigenvalue weighted by atomic mass is 9.85. The predicted octanol–water partition coefficient (Wildman–Crippen LogP) is 8.40. The molecular formula is C74H98N10O14S. The largest absolute Gasteiger partial charge is 0.481 e. The van der Waals surface area contributed by atoms with Gasteiger partial charge in [0.25, 0.3) is 11.8 Å². The first-order valence-electron chi connectivity index (χ1n) is 33.9. The number of likely N-dealkylation sites (N-methyl/N-ethyl adjacent to an activating group) is 2. The number of rotatable bonds is 20. The van der Waals surface area contributed by atoms with Gasteiger partial charge in [-0.2, -0.15) is 0 Å². The zero-order valence-corrected chi connectivity index (χ0v) is 60.4. The van der Waals surface area contributed by atoms with Crippen LogP contribution in [-0.2, 0) is 68.8 Å². The molecular weight excluding hydrogens is 1280 g/mol. The SMILES string of the molecule is C[C@@H](C(=O)NC(C(=O)N1CC(NC(=O)c2ccc(C(=O)Nc3ccc4c(c3)CN(C(=O)C(NC(=O)[C@H](C)N(C)C(=O)OC(C)(C)C)C(C)(C)SCC(=O)O)[C@H](C(=O)N[C@@H]3CCCc5ccccc53)C4)cc2)C[C@H]1C(=O)N[C@@H]1CCCc2ccccc21)C(C)(C)C)N(C)C(=O)OC(C)(C)C. The number of carboxylic acids is 1. The molecule has 0 radical (unpaired) electrons. The predicted molar refractivity (Wildman–Crippen MR) is 375 cm³/mol. The van der Waals surface area contributed by atoms with Gasteiger partial charge in [0.1, 0.15) is 47.5 Å². The van der Waals surface area contributed by atoms with Gasteiger partial charge in [0.2, 0.25) is 35.4 Å². The van der Waals surface area contributed by atoms with Crippen molar-refractivity contribution in [2.45, 2.75) is 218 Å². The Morgan fingerprint density at radius 1 is 0.576 bits per heavy atom. The molecule has 3 unspecified atom stereocenters. The Bertz CT molecular complexity index is 3730. The fourth-order valence-corrected chi connectivity index (χ4v) is 13.7. The number of hydrogen-bond acceptors (Lipinski definition) is 14. The highest BCUT2D eigenvalue weighted by molar-refractivity contribution is 8.01. The van der Waals surface area contributed by atoms with Crippen LogP contribution in [0, 0.1) is 5.41 Å². The standard InChI is InChI=1S/C74H98N10O14S/c1-42(81(14)69(95)97-72(6,7)8)61(87)79-59(71(3,4)5)67(93)84-40-51(38-57(84)66(92)78-55-29-21-25-45-23-17-19-27-53(45)55)76-64(90)47-32-30-46(31-33-47)63(89)75-50-35-34-48-37-56(65(91)77-54-28-20-24-44-22-16-18-26-52(44)54)83(39-49(48)36-50)68(94)60(74(12,13)99-41-58(85)86)80-62(88)43(2)82(15)70(96)98-73(9,10)11/h16-19,22-23,26-27,30-36,42-43,51,54-57,59-60H,20-21,24-25,28-29,37-41H2,1-15H3,(H,75,89)(H,76,90)(H,77,91)(H,78,92)(H,79,87)(H,80,88)(H,85,86)/t42-,43-,51?,54+,55+,56-,57-,59?,60?/m0/s1. The van der Waals surface area contributed by atoms with E-state index in [2.05, 4.69) is 31.9 Å². The van der Waals surface area contributed by atoms with Crippen molar-refractivity contribution < 1.29 is 67.3 Å². The van der Waals surface area contributed by atoms with Crippen molar-refractivity contribution in [2.75, 3.05) is 31.7 Å². The highest BCUT2D eigenvalue weighted by atomic mass is 32.2. The van der Waals surface area contributed by atoms with Crippen LogP contribution in [0.25, 0.3) is 0 Å². The number of hydrogen-bond donors (Lipinski definition) is 7. The summed E-state index contributed by atoms with van der Waals surface area (Å²) in [6.07, 6.45) is 3.24. The topological polar surface area (TPSA) is 312 Å². The molecule has 0 saturated carbocycles. The van der Waals surface area contributed by atoms with E-state index in [1.807, 2.05) is 48.5 Å². The second kappa shape index (κ2) is 31.0. The fraction of sp³-hybridized carbons (Fsp3) is 0.527. The number of nitrogens with zero attached hydrogens (tertiary/aromatic N) is 4. The third-order valence-corrected chi connectivity index (χ3v) is 20.0. The van der Waals surface area contributed by atoms with Gasteiger partial charge in [0, 0.05) is 61.2 Å². The first-order valence-corrected chi connectivity index (χ1v) is 34.9. The van der Waals surface area contributed by atoms with Crippen LogP contribution < -0.4 is 31.9 Å². The number of benzene rings is 4. The summed E-state index contributed by atoms with van der Waals surface area (Å²) < 4.78 is 9.71. The molecule has 10 amide bonds. The highest BCUT2D eigenvalue weighted by Gasteiger charge is 2.49. The number of carboxylic acid groups (broad SMARTS) is 1. The summed E-state index contributed by atoms with van der Waals surface area (Å²) in [6, 6.07) is 18.3. The maximum atomic E-state index is 15.5. The monoisotopic (exact) mass is 1380 g/mol. The van der Waals surface area contributed by atoms with Crippen molar-refractivity contribution >= 4 is 82.9 Å². The van der Waals surface area contributed by atoms with Gasteiger partial charge >= 0.3 is 18.2 Å². The molecule has 8 rings (SSSR count).